The number of nitrogens with zero attached hydrogens (tertiary/aromatic N) is 2. The van der Waals surface area contributed by atoms with Crippen molar-refractivity contribution in [2.24, 2.45) is 5.92 Å². The third-order valence-corrected chi connectivity index (χ3v) is 3.52. The second-order valence-electron chi connectivity index (χ2n) is 4.53. The van der Waals surface area contributed by atoms with Crippen LogP contribution < -0.4 is 4.90 Å². The van der Waals surface area contributed by atoms with Crippen molar-refractivity contribution >= 4 is 17.4 Å². The molecule has 0 amide bonds. The number of hydrogen-bond acceptors (Lipinski definition) is 3. The van der Waals surface area contributed by atoms with E-state index in [9.17, 15) is 0 Å². The second kappa shape index (κ2) is 6.22. The number of rotatable bonds is 4. The quantitative estimate of drug-likeness (QED) is 0.773. The number of methoxy groups -OCH3 is 1. The fourth-order valence-corrected chi connectivity index (χ4v) is 2.66. The third-order valence-electron chi connectivity index (χ3n) is 3.23. The van der Waals surface area contributed by atoms with E-state index in [4.69, 9.17) is 16.3 Å². The normalized spacial score (nSPS) is 20.6. The van der Waals surface area contributed by atoms with Crippen molar-refractivity contribution in [3.63, 3.8) is 0 Å². The highest BCUT2D eigenvalue weighted by molar-refractivity contribution is 6.17. The first-order valence-electron chi connectivity index (χ1n) is 6.09. The van der Waals surface area contributed by atoms with Crippen molar-refractivity contribution in [3.05, 3.63) is 23.9 Å². The Kier molecular flexibility index (Phi) is 4.63. The molecule has 3 nitrogen and oxygen atoms in total. The standard InChI is InChI=1S/C13H19ClN2O/c1-17-10-11-4-3-7-16(9-11)13-12(8-14)5-2-6-15-13/h2,5-6,11H,3-4,7-10H2,1H3. The molecule has 0 N–H and O–H groups in total. The summed E-state index contributed by atoms with van der Waals surface area (Å²) in [6.07, 6.45) is 4.28. The van der Waals surface area contributed by atoms with Gasteiger partial charge in [-0.15, -0.1) is 11.6 Å². The summed E-state index contributed by atoms with van der Waals surface area (Å²) in [6.45, 7) is 2.93. The number of halogens is 1. The zero-order chi connectivity index (χ0) is 12.1. The highest BCUT2D eigenvalue weighted by atomic mass is 35.5. The summed E-state index contributed by atoms with van der Waals surface area (Å²) >= 11 is 5.96. The first-order chi connectivity index (χ1) is 8.35. The summed E-state index contributed by atoms with van der Waals surface area (Å²) in [5.41, 5.74) is 1.12. The number of alkyl halides is 1. The van der Waals surface area contributed by atoms with Gasteiger partial charge in [-0.25, -0.2) is 4.98 Å². The minimum atomic E-state index is 0.522. The molecule has 0 spiro atoms. The van der Waals surface area contributed by atoms with Gasteiger partial charge in [-0.1, -0.05) is 6.07 Å². The molecule has 94 valence electrons. The van der Waals surface area contributed by atoms with E-state index in [0.717, 1.165) is 31.1 Å². The van der Waals surface area contributed by atoms with Gasteiger partial charge in [-0.2, -0.15) is 0 Å². The summed E-state index contributed by atoms with van der Waals surface area (Å²) in [5.74, 6) is 2.18. The minimum Gasteiger partial charge on any atom is -0.384 e. The zero-order valence-corrected chi connectivity index (χ0v) is 11.0. The van der Waals surface area contributed by atoms with E-state index in [2.05, 4.69) is 16.0 Å². The molecular weight excluding hydrogens is 236 g/mol. The third kappa shape index (κ3) is 3.11. The Labute approximate surface area is 108 Å². The molecule has 1 aliphatic heterocycles. The first kappa shape index (κ1) is 12.7. The Morgan fingerprint density at radius 1 is 1.59 bits per heavy atom. The SMILES string of the molecule is COCC1CCCN(c2ncccc2CCl)C1. The largest absolute Gasteiger partial charge is 0.384 e. The number of pyridine rings is 1. The first-order valence-corrected chi connectivity index (χ1v) is 6.62. The van der Waals surface area contributed by atoms with Gasteiger partial charge in [0.15, 0.2) is 0 Å². The van der Waals surface area contributed by atoms with E-state index in [1.165, 1.54) is 12.8 Å². The molecular formula is C13H19ClN2O. The molecule has 1 aromatic heterocycles. The van der Waals surface area contributed by atoms with Crippen LogP contribution in [0.5, 0.6) is 0 Å². The minimum absolute atomic E-state index is 0.522. The fraction of sp³-hybridized carbons (Fsp3) is 0.615. The van der Waals surface area contributed by atoms with Gasteiger partial charge < -0.3 is 9.64 Å². The number of anilines is 1. The Hall–Kier alpha value is -0.800. The number of hydrogen-bond donors (Lipinski definition) is 0. The highest BCUT2D eigenvalue weighted by Crippen LogP contribution is 2.25. The molecule has 0 saturated carbocycles. The maximum absolute atomic E-state index is 5.96. The van der Waals surface area contributed by atoms with Gasteiger partial charge >= 0.3 is 0 Å². The molecule has 0 aliphatic carbocycles. The molecule has 1 fully saturated rings. The summed E-state index contributed by atoms with van der Waals surface area (Å²) in [7, 11) is 1.77. The molecule has 1 aromatic rings. The van der Waals surface area contributed by atoms with E-state index in [-0.39, 0.29) is 0 Å². The van der Waals surface area contributed by atoms with Crippen LogP contribution in [0.3, 0.4) is 0 Å². The van der Waals surface area contributed by atoms with E-state index >= 15 is 0 Å². The topological polar surface area (TPSA) is 25.4 Å². The van der Waals surface area contributed by atoms with Crippen LogP contribution in [0.15, 0.2) is 18.3 Å². The maximum Gasteiger partial charge on any atom is 0.132 e. The lowest BCUT2D eigenvalue weighted by molar-refractivity contribution is 0.143. The van der Waals surface area contributed by atoms with Crippen molar-refractivity contribution in [3.8, 4) is 0 Å². The van der Waals surface area contributed by atoms with Gasteiger partial charge in [0.25, 0.3) is 0 Å². The predicted molar refractivity (Wildman–Crippen MR) is 70.6 cm³/mol. The lowest BCUT2D eigenvalue weighted by Crippen LogP contribution is -2.38. The maximum atomic E-state index is 5.96. The van der Waals surface area contributed by atoms with Crippen LogP contribution in [0.4, 0.5) is 5.82 Å². The lowest BCUT2D eigenvalue weighted by atomic mass is 9.98. The van der Waals surface area contributed by atoms with Crippen molar-refractivity contribution < 1.29 is 4.74 Å². The molecule has 0 bridgehead atoms. The molecule has 17 heavy (non-hydrogen) atoms. The van der Waals surface area contributed by atoms with Crippen LogP contribution in [0.25, 0.3) is 0 Å². The summed E-state index contributed by atoms with van der Waals surface area (Å²) in [6, 6.07) is 3.99. The lowest BCUT2D eigenvalue weighted by Gasteiger charge is -2.34. The Morgan fingerprint density at radius 3 is 3.24 bits per heavy atom. The Balaban J connectivity index is 2.10. The van der Waals surface area contributed by atoms with Crippen molar-refractivity contribution in [2.75, 3.05) is 31.7 Å². The smallest absolute Gasteiger partial charge is 0.132 e. The average molecular weight is 255 g/mol. The van der Waals surface area contributed by atoms with E-state index in [0.29, 0.717) is 11.8 Å². The van der Waals surface area contributed by atoms with Crippen molar-refractivity contribution in [1.29, 1.82) is 0 Å². The van der Waals surface area contributed by atoms with Crippen LogP contribution in [-0.4, -0.2) is 31.8 Å². The van der Waals surface area contributed by atoms with Gasteiger partial charge in [0.1, 0.15) is 5.82 Å². The molecule has 1 aliphatic rings. The molecule has 2 rings (SSSR count). The monoisotopic (exact) mass is 254 g/mol. The van der Waals surface area contributed by atoms with Crippen LogP contribution in [0.2, 0.25) is 0 Å². The summed E-state index contributed by atoms with van der Waals surface area (Å²) < 4.78 is 5.25. The van der Waals surface area contributed by atoms with Crippen LogP contribution >= 0.6 is 11.6 Å². The zero-order valence-electron chi connectivity index (χ0n) is 10.2. The highest BCUT2D eigenvalue weighted by Gasteiger charge is 2.22. The molecule has 0 radical (unpaired) electrons. The molecule has 1 atom stereocenters. The van der Waals surface area contributed by atoms with Crippen LogP contribution in [0, 0.1) is 5.92 Å². The molecule has 4 heteroatoms. The average Bonchev–Trinajstić information content (AvgIpc) is 2.39. The van der Waals surface area contributed by atoms with Gasteiger partial charge in [-0.05, 0) is 24.8 Å². The Morgan fingerprint density at radius 2 is 2.47 bits per heavy atom. The molecule has 2 heterocycles. The van der Waals surface area contributed by atoms with E-state index < -0.39 is 0 Å². The molecule has 1 saturated heterocycles. The van der Waals surface area contributed by atoms with Gasteiger partial charge in [0, 0.05) is 32.0 Å². The van der Waals surface area contributed by atoms with Crippen LogP contribution in [-0.2, 0) is 10.6 Å². The number of piperidine rings is 1. The van der Waals surface area contributed by atoms with Gasteiger partial charge in [-0.3, -0.25) is 0 Å². The number of ether oxygens (including phenoxy) is 1. The fourth-order valence-electron chi connectivity index (χ4n) is 2.45. The van der Waals surface area contributed by atoms with Gasteiger partial charge in [0.2, 0.25) is 0 Å². The van der Waals surface area contributed by atoms with Gasteiger partial charge in [0.05, 0.1) is 12.5 Å². The summed E-state index contributed by atoms with van der Waals surface area (Å²) in [4.78, 5) is 6.81. The van der Waals surface area contributed by atoms with E-state index in [1.807, 2.05) is 12.3 Å². The number of aromatic nitrogens is 1. The second-order valence-corrected chi connectivity index (χ2v) is 4.80. The van der Waals surface area contributed by atoms with Crippen molar-refractivity contribution in [1.82, 2.24) is 4.98 Å². The summed E-state index contributed by atoms with van der Waals surface area (Å²) in [5, 5.41) is 0. The predicted octanol–water partition coefficient (Wildman–Crippen LogP) is 2.68. The Bertz CT molecular complexity index is 357. The van der Waals surface area contributed by atoms with Crippen LogP contribution in [0.1, 0.15) is 18.4 Å². The van der Waals surface area contributed by atoms with Crippen molar-refractivity contribution in [2.45, 2.75) is 18.7 Å². The molecule has 0 aromatic carbocycles. The molecule has 1 unspecified atom stereocenters. The van der Waals surface area contributed by atoms with E-state index in [1.54, 1.807) is 7.11 Å².